The molecule has 1 saturated carbocycles. The topological polar surface area (TPSA) is 135 Å². The van der Waals surface area contributed by atoms with Gasteiger partial charge in [0.2, 0.25) is 5.91 Å². The average Bonchev–Trinajstić information content (AvgIpc) is 3.51. The first-order chi connectivity index (χ1) is 21.7. The maximum atomic E-state index is 14.0. The van der Waals surface area contributed by atoms with Gasteiger partial charge in [0.15, 0.2) is 11.9 Å². The normalized spacial score (nSPS) is 22.5. The van der Waals surface area contributed by atoms with Crippen molar-refractivity contribution in [1.29, 1.82) is 0 Å². The number of likely N-dealkylation sites (N-methyl/N-ethyl adjacent to an activating group) is 1. The number of hydrogen-bond acceptors (Lipinski definition) is 10. The van der Waals surface area contributed by atoms with E-state index in [1.54, 1.807) is 17.3 Å². The summed E-state index contributed by atoms with van der Waals surface area (Å²) in [7, 11) is 5.14. The predicted octanol–water partition coefficient (Wildman–Crippen LogP) is 4.80. The molecule has 258 valence electrons. The van der Waals surface area contributed by atoms with Gasteiger partial charge < -0.3 is 19.7 Å². The van der Waals surface area contributed by atoms with Gasteiger partial charge in [0, 0.05) is 50.2 Å². The molecule has 1 N–H and O–H groups in total. The summed E-state index contributed by atoms with van der Waals surface area (Å²) in [5.41, 5.74) is 0.240. The van der Waals surface area contributed by atoms with Gasteiger partial charge in [0.05, 0.1) is 19.1 Å². The van der Waals surface area contributed by atoms with Crippen LogP contribution in [0.15, 0.2) is 5.38 Å². The number of nitrogens with one attached hydrogen (secondary N) is 1. The van der Waals surface area contributed by atoms with E-state index in [0.717, 1.165) is 25.8 Å². The lowest BCUT2D eigenvalue weighted by atomic mass is 9.84. The van der Waals surface area contributed by atoms with Crippen molar-refractivity contribution in [3.8, 4) is 0 Å². The molecule has 0 aromatic carbocycles. The van der Waals surface area contributed by atoms with Gasteiger partial charge in [-0.2, -0.15) is 0 Å². The minimum Gasteiger partial charge on any atom is -0.469 e. The first-order valence-electron chi connectivity index (χ1n) is 16.7. The Morgan fingerprint density at radius 2 is 1.72 bits per heavy atom. The van der Waals surface area contributed by atoms with E-state index in [4.69, 9.17) is 9.47 Å². The number of esters is 2. The van der Waals surface area contributed by atoms with E-state index in [1.807, 2.05) is 34.7 Å². The quantitative estimate of drug-likeness (QED) is 0.279. The van der Waals surface area contributed by atoms with Crippen molar-refractivity contribution in [3.63, 3.8) is 0 Å². The van der Waals surface area contributed by atoms with Crippen molar-refractivity contribution >= 4 is 40.9 Å². The van der Waals surface area contributed by atoms with Gasteiger partial charge in [0.25, 0.3) is 5.91 Å². The molecule has 46 heavy (non-hydrogen) atoms. The highest BCUT2D eigenvalue weighted by Gasteiger charge is 2.37. The van der Waals surface area contributed by atoms with Crippen LogP contribution in [0, 0.1) is 23.7 Å². The van der Waals surface area contributed by atoms with E-state index in [-0.39, 0.29) is 71.6 Å². The fraction of sp³-hybridized carbons (Fsp3) is 0.765. The predicted molar refractivity (Wildman–Crippen MR) is 176 cm³/mol. The molecule has 1 aromatic heterocycles. The largest absolute Gasteiger partial charge is 0.469 e. The fourth-order valence-corrected chi connectivity index (χ4v) is 7.64. The summed E-state index contributed by atoms with van der Waals surface area (Å²) in [5.74, 6) is -1.59. The van der Waals surface area contributed by atoms with Gasteiger partial charge in [-0.1, -0.05) is 34.1 Å². The maximum absolute atomic E-state index is 14.0. The molecule has 1 saturated heterocycles. The van der Waals surface area contributed by atoms with E-state index >= 15 is 0 Å². The van der Waals surface area contributed by atoms with E-state index < -0.39 is 18.0 Å². The Morgan fingerprint density at radius 3 is 2.28 bits per heavy atom. The molecular formula is C34H54N4O7S. The summed E-state index contributed by atoms with van der Waals surface area (Å²) < 4.78 is 10.6. The van der Waals surface area contributed by atoms with Crippen molar-refractivity contribution in [2.24, 2.45) is 23.7 Å². The summed E-state index contributed by atoms with van der Waals surface area (Å²) in [6.07, 6.45) is 5.33. The number of hydrogen-bond donors (Lipinski definition) is 1. The third-order valence-corrected chi connectivity index (χ3v) is 10.6. The Labute approximate surface area is 278 Å². The summed E-state index contributed by atoms with van der Waals surface area (Å²) >= 11 is 1.24. The monoisotopic (exact) mass is 662 g/mol. The number of nitrogens with zero attached hydrogens (tertiary/aromatic N) is 3. The van der Waals surface area contributed by atoms with Crippen LogP contribution in [-0.4, -0.2) is 90.2 Å². The molecule has 1 aromatic rings. The number of carbonyl (C=O) groups is 5. The van der Waals surface area contributed by atoms with Crippen LogP contribution >= 0.6 is 11.3 Å². The SMILES string of the molecule is COC(=O)C1CCC(NC(=O)c2csc([C@@H](C[C@H](C(C)C)N(C)C(=O)[C@@H](CC(=O)[C@H]3CCCCN3C)C(C)C)OC(C)=O)n2)CC1. The highest BCUT2D eigenvalue weighted by molar-refractivity contribution is 7.09. The first kappa shape index (κ1) is 37.6. The van der Waals surface area contributed by atoms with Gasteiger partial charge >= 0.3 is 11.9 Å². The van der Waals surface area contributed by atoms with Crippen LogP contribution in [0.4, 0.5) is 0 Å². The van der Waals surface area contributed by atoms with Crippen LogP contribution < -0.4 is 5.32 Å². The molecule has 11 nitrogen and oxygen atoms in total. The van der Waals surface area contributed by atoms with Crippen LogP contribution in [0.2, 0.25) is 0 Å². The van der Waals surface area contributed by atoms with Crippen molar-refractivity contribution < 1.29 is 33.4 Å². The second-order valence-electron chi connectivity index (χ2n) is 13.7. The number of amides is 2. The molecule has 2 fully saturated rings. The van der Waals surface area contributed by atoms with E-state index in [1.165, 1.54) is 25.4 Å². The van der Waals surface area contributed by atoms with Gasteiger partial charge in [-0.3, -0.25) is 28.9 Å². The van der Waals surface area contributed by atoms with Crippen molar-refractivity contribution in [3.05, 3.63) is 16.1 Å². The highest BCUT2D eigenvalue weighted by atomic mass is 32.1. The zero-order valence-corrected chi connectivity index (χ0v) is 29.7. The minimum absolute atomic E-state index is 0.0165. The lowest BCUT2D eigenvalue weighted by molar-refractivity contribution is -0.149. The molecule has 3 rings (SSSR count). The Balaban J connectivity index is 1.71. The van der Waals surface area contributed by atoms with Gasteiger partial charge in [0.1, 0.15) is 10.7 Å². The molecule has 1 aliphatic carbocycles. The number of ether oxygens (including phenoxy) is 2. The summed E-state index contributed by atoms with van der Waals surface area (Å²) in [4.78, 5) is 72.9. The average molecular weight is 663 g/mol. The van der Waals surface area contributed by atoms with Gasteiger partial charge in [-0.25, -0.2) is 4.98 Å². The van der Waals surface area contributed by atoms with E-state index in [0.29, 0.717) is 37.1 Å². The first-order valence-corrected chi connectivity index (χ1v) is 17.6. The number of aromatic nitrogens is 1. The zero-order valence-electron chi connectivity index (χ0n) is 28.9. The molecule has 2 aliphatic rings. The fourth-order valence-electron chi connectivity index (χ4n) is 6.80. The number of carbonyl (C=O) groups excluding carboxylic acids is 5. The van der Waals surface area contributed by atoms with Crippen molar-refractivity contribution in [2.75, 3.05) is 27.7 Å². The molecule has 0 unspecified atom stereocenters. The number of methoxy groups -OCH3 is 1. The third kappa shape index (κ3) is 10.1. The Kier molecular flexibility index (Phi) is 14.2. The zero-order chi connectivity index (χ0) is 34.1. The van der Waals surface area contributed by atoms with Crippen LogP contribution in [0.1, 0.15) is 114 Å². The van der Waals surface area contributed by atoms with E-state index in [2.05, 4.69) is 15.2 Å². The lowest BCUT2D eigenvalue weighted by Gasteiger charge is -2.37. The third-order valence-electron chi connectivity index (χ3n) is 9.69. The summed E-state index contributed by atoms with van der Waals surface area (Å²) in [6, 6.07) is -0.516. The standard InChI is InChI=1S/C34H54N4O7S/c1-20(2)25(17-29(40)27-11-9-10-16-37(27)6)33(42)38(7)28(21(3)4)18-30(45-22(5)39)32-36-26(19-46-32)31(41)35-24-14-12-23(13-15-24)34(43)44-8/h19-21,23-25,27-28,30H,9-18H2,1-8H3,(H,35,41)/t23?,24?,25-,27+,28+,30+/m0/s1. The second-order valence-corrected chi connectivity index (χ2v) is 14.6. The molecule has 0 spiro atoms. The summed E-state index contributed by atoms with van der Waals surface area (Å²) in [5, 5.41) is 5.16. The smallest absolute Gasteiger partial charge is 0.308 e. The maximum Gasteiger partial charge on any atom is 0.308 e. The molecule has 2 heterocycles. The van der Waals surface area contributed by atoms with Crippen LogP contribution in [0.25, 0.3) is 0 Å². The number of rotatable bonds is 14. The number of Topliss-reactive ketones (excluding diaryl/α,β-unsaturated/α-hetero) is 1. The lowest BCUT2D eigenvalue weighted by Crippen LogP contribution is -2.48. The van der Waals surface area contributed by atoms with Crippen LogP contribution in [0.3, 0.4) is 0 Å². The number of ketones is 1. The molecular weight excluding hydrogens is 608 g/mol. The summed E-state index contributed by atoms with van der Waals surface area (Å²) in [6.45, 7) is 10.2. The molecule has 0 radical (unpaired) electrons. The number of piperidine rings is 1. The van der Waals surface area contributed by atoms with Crippen molar-refractivity contribution in [2.45, 2.75) is 117 Å². The van der Waals surface area contributed by atoms with Gasteiger partial charge in [-0.05, 0) is 64.0 Å². The van der Waals surface area contributed by atoms with Gasteiger partial charge in [-0.15, -0.1) is 11.3 Å². The Bertz CT molecular complexity index is 1210. The van der Waals surface area contributed by atoms with Crippen LogP contribution in [0.5, 0.6) is 0 Å². The number of likely N-dealkylation sites (tertiary alicyclic amines) is 1. The number of thiazole rings is 1. The molecule has 0 bridgehead atoms. The second kappa shape index (κ2) is 17.3. The molecule has 4 atom stereocenters. The van der Waals surface area contributed by atoms with Crippen molar-refractivity contribution in [1.82, 2.24) is 20.1 Å². The highest BCUT2D eigenvalue weighted by Crippen LogP contribution is 2.32. The van der Waals surface area contributed by atoms with E-state index in [9.17, 15) is 24.0 Å². The Morgan fingerprint density at radius 1 is 1.04 bits per heavy atom. The molecule has 12 heteroatoms. The Hall–Kier alpha value is -2.86. The van der Waals surface area contributed by atoms with Crippen LogP contribution in [-0.2, 0) is 28.7 Å². The molecule has 1 aliphatic heterocycles. The molecule has 2 amide bonds. The minimum atomic E-state index is -0.753.